The molecule has 0 rings (SSSR count). The van der Waals surface area contributed by atoms with Gasteiger partial charge in [-0.05, 0) is 0 Å². The number of rotatable bonds is 6. The van der Waals surface area contributed by atoms with Crippen LogP contribution in [-0.2, 0) is 19.6 Å². The smallest absolute Gasteiger partial charge is 0.328 e. The Morgan fingerprint density at radius 3 is 2.33 bits per heavy atom. The molecule has 0 aliphatic rings. The number of amides is 1. The van der Waals surface area contributed by atoms with Gasteiger partial charge < -0.3 is 10.4 Å². The minimum absolute atomic E-state index is 0.0610. The average Bonchev–Trinajstić information content (AvgIpc) is 2.07. The Hall–Kier alpha value is -1.41. The fourth-order valence-corrected chi connectivity index (χ4v) is 1.10. The maximum Gasteiger partial charge on any atom is 0.328 e. The molecule has 0 spiro atoms. The molecule has 0 aromatic heterocycles. The fourth-order valence-electron chi connectivity index (χ4n) is 0.628. The van der Waals surface area contributed by atoms with Gasteiger partial charge in [-0.3, -0.25) is 4.79 Å². The molecule has 0 aromatic rings. The molecule has 0 aliphatic carbocycles. The molecular weight excluding hydrogens is 224 g/mol. The summed E-state index contributed by atoms with van der Waals surface area (Å²) in [6.45, 7) is 0.154. The molecule has 0 heterocycles. The maximum atomic E-state index is 10.8. The first kappa shape index (κ1) is 13.6. The van der Waals surface area contributed by atoms with E-state index in [0.29, 0.717) is 6.08 Å². The van der Waals surface area contributed by atoms with Gasteiger partial charge in [0.25, 0.3) is 0 Å². The van der Waals surface area contributed by atoms with Crippen LogP contribution >= 0.6 is 0 Å². The molecule has 86 valence electrons. The Balaban J connectivity index is 3.70. The molecule has 0 aliphatic heterocycles. The van der Waals surface area contributed by atoms with Crippen molar-refractivity contribution >= 4 is 21.9 Å². The third-order valence-corrected chi connectivity index (χ3v) is 1.89. The Bertz CT molecular complexity index is 360. The molecule has 0 saturated heterocycles. The molecule has 15 heavy (non-hydrogen) atoms. The van der Waals surface area contributed by atoms with Crippen molar-refractivity contribution in [1.82, 2.24) is 10.0 Å². The first-order valence-corrected chi connectivity index (χ1v) is 5.84. The quantitative estimate of drug-likeness (QED) is 0.375. The van der Waals surface area contributed by atoms with E-state index in [2.05, 4.69) is 10.0 Å². The highest BCUT2D eigenvalue weighted by atomic mass is 32.2. The highest BCUT2D eigenvalue weighted by Gasteiger charge is 2.00. The predicted octanol–water partition coefficient (Wildman–Crippen LogP) is -1.71. The van der Waals surface area contributed by atoms with Gasteiger partial charge in [0, 0.05) is 25.2 Å². The van der Waals surface area contributed by atoms with Crippen molar-refractivity contribution in [2.45, 2.75) is 0 Å². The number of hydrogen-bond donors (Lipinski definition) is 3. The largest absolute Gasteiger partial charge is 0.478 e. The van der Waals surface area contributed by atoms with Crippen molar-refractivity contribution in [1.29, 1.82) is 0 Å². The van der Waals surface area contributed by atoms with E-state index in [4.69, 9.17) is 5.11 Å². The van der Waals surface area contributed by atoms with Gasteiger partial charge in [0.1, 0.15) is 0 Å². The van der Waals surface area contributed by atoms with Crippen molar-refractivity contribution in [2.24, 2.45) is 0 Å². The number of hydrogen-bond acceptors (Lipinski definition) is 4. The van der Waals surface area contributed by atoms with Crippen LogP contribution in [0.3, 0.4) is 0 Å². The summed E-state index contributed by atoms with van der Waals surface area (Å²) in [6, 6.07) is 0. The van der Waals surface area contributed by atoms with E-state index in [0.717, 1.165) is 12.3 Å². The minimum atomic E-state index is -3.26. The Labute approximate surface area is 87.2 Å². The van der Waals surface area contributed by atoms with Crippen LogP contribution in [0.5, 0.6) is 0 Å². The Kier molecular flexibility index (Phi) is 5.57. The Morgan fingerprint density at radius 1 is 1.27 bits per heavy atom. The lowest BCUT2D eigenvalue weighted by Gasteiger charge is -2.02. The Morgan fingerprint density at radius 2 is 1.87 bits per heavy atom. The zero-order valence-corrected chi connectivity index (χ0v) is 8.87. The van der Waals surface area contributed by atoms with Gasteiger partial charge in [0.05, 0.1) is 6.26 Å². The molecule has 0 bridgehead atoms. The van der Waals surface area contributed by atoms with Crippen LogP contribution in [-0.4, -0.2) is 44.7 Å². The number of carboxylic acids is 1. The van der Waals surface area contributed by atoms with Crippen LogP contribution in [0.1, 0.15) is 0 Å². The standard InChI is InChI=1S/C7H12N2O5S/c1-15(13,14)9-5-4-8-6(10)2-3-7(11)12/h2-3,9H,4-5H2,1H3,(H,8,10)(H,11,12)/b3-2+. The summed E-state index contributed by atoms with van der Waals surface area (Å²) in [5.41, 5.74) is 0. The van der Waals surface area contributed by atoms with E-state index in [9.17, 15) is 18.0 Å². The number of carbonyl (C=O) groups excluding carboxylic acids is 1. The molecule has 0 aromatic carbocycles. The van der Waals surface area contributed by atoms with Crippen molar-refractivity contribution in [2.75, 3.05) is 19.3 Å². The molecule has 3 N–H and O–H groups in total. The van der Waals surface area contributed by atoms with Gasteiger partial charge in [-0.1, -0.05) is 0 Å². The average molecular weight is 236 g/mol. The summed E-state index contributed by atoms with van der Waals surface area (Å²) in [5, 5.41) is 10.5. The number of aliphatic carboxylic acids is 1. The van der Waals surface area contributed by atoms with Crippen LogP contribution in [0.4, 0.5) is 0 Å². The van der Waals surface area contributed by atoms with Gasteiger partial charge in [0.15, 0.2) is 0 Å². The first-order chi connectivity index (χ1) is 6.81. The third-order valence-electron chi connectivity index (χ3n) is 1.17. The second kappa shape index (κ2) is 6.14. The number of carboxylic acid groups (broad SMARTS) is 1. The highest BCUT2D eigenvalue weighted by Crippen LogP contribution is 1.75. The van der Waals surface area contributed by atoms with Crippen LogP contribution in [0.15, 0.2) is 12.2 Å². The summed E-state index contributed by atoms with van der Waals surface area (Å²) in [5.74, 6) is -1.81. The molecule has 7 nitrogen and oxygen atoms in total. The molecule has 0 radical (unpaired) electrons. The zero-order valence-electron chi connectivity index (χ0n) is 8.06. The summed E-state index contributed by atoms with van der Waals surface area (Å²) < 4.78 is 23.3. The third kappa shape index (κ3) is 10.5. The monoisotopic (exact) mass is 236 g/mol. The maximum absolute atomic E-state index is 10.8. The minimum Gasteiger partial charge on any atom is -0.478 e. The van der Waals surface area contributed by atoms with Gasteiger partial charge in [0.2, 0.25) is 15.9 Å². The van der Waals surface area contributed by atoms with Gasteiger partial charge in [-0.15, -0.1) is 0 Å². The van der Waals surface area contributed by atoms with E-state index in [1.165, 1.54) is 0 Å². The summed E-state index contributed by atoms with van der Waals surface area (Å²) in [7, 11) is -3.26. The molecule has 8 heteroatoms. The summed E-state index contributed by atoms with van der Waals surface area (Å²) in [4.78, 5) is 20.8. The van der Waals surface area contributed by atoms with Crippen LogP contribution in [0.2, 0.25) is 0 Å². The molecule has 1 amide bonds. The van der Waals surface area contributed by atoms with Crippen LogP contribution in [0, 0.1) is 0 Å². The summed E-state index contributed by atoms with van der Waals surface area (Å²) >= 11 is 0. The zero-order chi connectivity index (χ0) is 11.9. The van der Waals surface area contributed by atoms with Gasteiger partial charge in [-0.2, -0.15) is 0 Å². The first-order valence-electron chi connectivity index (χ1n) is 3.95. The second-order valence-corrected chi connectivity index (χ2v) is 4.46. The van der Waals surface area contributed by atoms with Crippen molar-refractivity contribution in [3.8, 4) is 0 Å². The normalized spacial score (nSPS) is 11.5. The molecule has 0 saturated carbocycles. The lowest BCUT2D eigenvalue weighted by Crippen LogP contribution is -2.33. The van der Waals surface area contributed by atoms with Crippen molar-refractivity contribution in [3.05, 3.63) is 12.2 Å². The topological polar surface area (TPSA) is 113 Å². The van der Waals surface area contributed by atoms with Gasteiger partial charge in [-0.25, -0.2) is 17.9 Å². The van der Waals surface area contributed by atoms with E-state index in [1.54, 1.807) is 0 Å². The van der Waals surface area contributed by atoms with Gasteiger partial charge >= 0.3 is 5.97 Å². The predicted molar refractivity (Wildman–Crippen MR) is 52.6 cm³/mol. The van der Waals surface area contributed by atoms with Crippen molar-refractivity contribution in [3.63, 3.8) is 0 Å². The second-order valence-electron chi connectivity index (χ2n) is 2.63. The molecule has 0 atom stereocenters. The summed E-state index contributed by atoms with van der Waals surface area (Å²) in [6.07, 6.45) is 2.54. The SMILES string of the molecule is CS(=O)(=O)NCCNC(=O)/C=C/C(=O)O. The molecule has 0 fully saturated rings. The lowest BCUT2D eigenvalue weighted by atomic mass is 10.4. The van der Waals surface area contributed by atoms with Crippen molar-refractivity contribution < 1.29 is 23.1 Å². The number of sulfonamides is 1. The van der Waals surface area contributed by atoms with E-state index < -0.39 is 21.9 Å². The highest BCUT2D eigenvalue weighted by molar-refractivity contribution is 7.88. The number of carbonyl (C=O) groups is 2. The lowest BCUT2D eigenvalue weighted by molar-refractivity contribution is -0.131. The fraction of sp³-hybridized carbons (Fsp3) is 0.429. The van der Waals surface area contributed by atoms with E-state index in [-0.39, 0.29) is 13.1 Å². The van der Waals surface area contributed by atoms with E-state index >= 15 is 0 Å². The van der Waals surface area contributed by atoms with E-state index in [1.807, 2.05) is 0 Å². The molecular formula is C7H12N2O5S. The molecule has 0 unspecified atom stereocenters. The van der Waals surface area contributed by atoms with Crippen LogP contribution in [0.25, 0.3) is 0 Å². The number of nitrogens with one attached hydrogen (secondary N) is 2. The van der Waals surface area contributed by atoms with Crippen LogP contribution < -0.4 is 10.0 Å².